The molecule has 0 aromatic carbocycles. The molecule has 2 aromatic rings. The highest BCUT2D eigenvalue weighted by molar-refractivity contribution is 7.90. The molecule has 136 valence electrons. The van der Waals surface area contributed by atoms with Crippen molar-refractivity contribution in [3.8, 4) is 0 Å². The van der Waals surface area contributed by atoms with E-state index in [0.717, 1.165) is 45.4 Å². The Morgan fingerprint density at radius 1 is 1.32 bits per heavy atom. The van der Waals surface area contributed by atoms with Crippen molar-refractivity contribution in [1.82, 2.24) is 24.9 Å². The molecular formula is C16H23N5O3S. The van der Waals surface area contributed by atoms with Gasteiger partial charge in [0.2, 0.25) is 15.0 Å². The highest BCUT2D eigenvalue weighted by Gasteiger charge is 2.22. The zero-order chi connectivity index (χ0) is 17.9. The SMILES string of the molecule is CS(=O)(=O)c1nc(C(=O)NCCCN2CCNCC2)c2ccccn12. The van der Waals surface area contributed by atoms with Crippen LogP contribution in [0.3, 0.4) is 0 Å². The third kappa shape index (κ3) is 4.17. The molecule has 9 heteroatoms. The number of rotatable bonds is 6. The van der Waals surface area contributed by atoms with Crippen molar-refractivity contribution >= 4 is 21.3 Å². The predicted molar refractivity (Wildman–Crippen MR) is 94.6 cm³/mol. The van der Waals surface area contributed by atoms with Crippen LogP contribution in [0.5, 0.6) is 0 Å². The maximum atomic E-state index is 12.4. The number of sulfone groups is 1. The van der Waals surface area contributed by atoms with Crippen molar-refractivity contribution in [1.29, 1.82) is 0 Å². The van der Waals surface area contributed by atoms with E-state index < -0.39 is 9.84 Å². The molecule has 2 aromatic heterocycles. The first-order valence-corrected chi connectivity index (χ1v) is 10.2. The van der Waals surface area contributed by atoms with Gasteiger partial charge in [0.25, 0.3) is 5.91 Å². The molecule has 0 saturated carbocycles. The summed E-state index contributed by atoms with van der Waals surface area (Å²) in [5.74, 6) is -0.348. The predicted octanol–water partition coefficient (Wildman–Crippen LogP) is -0.237. The Kier molecular flexibility index (Phi) is 5.36. The van der Waals surface area contributed by atoms with Crippen LogP contribution >= 0.6 is 0 Å². The second-order valence-corrected chi connectivity index (χ2v) is 8.08. The zero-order valence-electron chi connectivity index (χ0n) is 14.2. The number of piperazine rings is 1. The number of amides is 1. The molecule has 0 aliphatic carbocycles. The van der Waals surface area contributed by atoms with Crippen LogP contribution in [0.2, 0.25) is 0 Å². The van der Waals surface area contributed by atoms with Crippen molar-refractivity contribution in [2.24, 2.45) is 0 Å². The van der Waals surface area contributed by atoms with Crippen molar-refractivity contribution in [3.05, 3.63) is 30.1 Å². The number of pyridine rings is 1. The molecule has 25 heavy (non-hydrogen) atoms. The number of hydrogen-bond donors (Lipinski definition) is 2. The summed E-state index contributed by atoms with van der Waals surface area (Å²) in [6.07, 6.45) is 3.53. The van der Waals surface area contributed by atoms with Gasteiger partial charge in [0.15, 0.2) is 5.69 Å². The lowest BCUT2D eigenvalue weighted by Crippen LogP contribution is -2.44. The minimum Gasteiger partial charge on any atom is -0.351 e. The second kappa shape index (κ2) is 7.51. The van der Waals surface area contributed by atoms with E-state index in [1.807, 2.05) is 0 Å². The first kappa shape index (κ1) is 17.8. The summed E-state index contributed by atoms with van der Waals surface area (Å²) in [7, 11) is -3.52. The van der Waals surface area contributed by atoms with Gasteiger partial charge in [0.1, 0.15) is 0 Å². The third-order valence-electron chi connectivity index (χ3n) is 4.21. The smallest absolute Gasteiger partial charge is 0.272 e. The van der Waals surface area contributed by atoms with E-state index in [0.29, 0.717) is 12.1 Å². The van der Waals surface area contributed by atoms with Crippen molar-refractivity contribution in [3.63, 3.8) is 0 Å². The van der Waals surface area contributed by atoms with Crippen LogP contribution in [-0.2, 0) is 9.84 Å². The van der Waals surface area contributed by atoms with E-state index in [4.69, 9.17) is 0 Å². The van der Waals surface area contributed by atoms with Crippen LogP contribution < -0.4 is 10.6 Å². The van der Waals surface area contributed by atoms with Crippen molar-refractivity contribution in [2.45, 2.75) is 11.6 Å². The Morgan fingerprint density at radius 2 is 2.08 bits per heavy atom. The Labute approximate surface area is 147 Å². The maximum Gasteiger partial charge on any atom is 0.272 e. The Morgan fingerprint density at radius 3 is 2.80 bits per heavy atom. The number of nitrogens with zero attached hydrogens (tertiary/aromatic N) is 3. The van der Waals surface area contributed by atoms with Crippen molar-refractivity contribution in [2.75, 3.05) is 45.5 Å². The average molecular weight is 365 g/mol. The van der Waals surface area contributed by atoms with Gasteiger partial charge in [0.05, 0.1) is 5.52 Å². The normalized spacial score (nSPS) is 16.2. The fourth-order valence-corrected chi connectivity index (χ4v) is 3.74. The lowest BCUT2D eigenvalue weighted by molar-refractivity contribution is 0.0948. The van der Waals surface area contributed by atoms with Crippen LogP contribution in [0.15, 0.2) is 29.6 Å². The van der Waals surface area contributed by atoms with Gasteiger partial charge >= 0.3 is 0 Å². The van der Waals surface area contributed by atoms with E-state index in [2.05, 4.69) is 20.5 Å². The van der Waals surface area contributed by atoms with Gasteiger partial charge < -0.3 is 15.5 Å². The zero-order valence-corrected chi connectivity index (χ0v) is 15.1. The second-order valence-electron chi connectivity index (χ2n) is 6.17. The molecule has 0 unspecified atom stereocenters. The minimum absolute atomic E-state index is 0.117. The summed E-state index contributed by atoms with van der Waals surface area (Å²) in [5.41, 5.74) is 0.630. The summed E-state index contributed by atoms with van der Waals surface area (Å²) >= 11 is 0. The molecule has 1 saturated heterocycles. The van der Waals surface area contributed by atoms with E-state index in [1.165, 1.54) is 4.40 Å². The molecule has 0 atom stereocenters. The fourth-order valence-electron chi connectivity index (χ4n) is 2.96. The largest absolute Gasteiger partial charge is 0.351 e. The Bertz CT molecular complexity index is 856. The maximum absolute atomic E-state index is 12.4. The topological polar surface area (TPSA) is 95.8 Å². The van der Waals surface area contributed by atoms with Crippen LogP contribution in [-0.4, -0.2) is 74.1 Å². The summed E-state index contributed by atoms with van der Waals surface area (Å²) in [6.45, 7) is 5.51. The van der Waals surface area contributed by atoms with E-state index >= 15 is 0 Å². The summed E-state index contributed by atoms with van der Waals surface area (Å²) in [5, 5.41) is 6.03. The molecule has 1 aliphatic rings. The number of carbonyl (C=O) groups excluding carboxylic acids is 1. The van der Waals surface area contributed by atoms with Gasteiger partial charge in [-0.1, -0.05) is 6.07 Å². The van der Waals surface area contributed by atoms with Gasteiger partial charge in [-0.3, -0.25) is 9.20 Å². The molecule has 0 radical (unpaired) electrons. The molecule has 1 fully saturated rings. The minimum atomic E-state index is -3.52. The molecule has 3 heterocycles. The molecule has 3 rings (SSSR count). The number of carbonyl (C=O) groups is 1. The standard InChI is InChI=1S/C16H23N5O3S/c1-25(23,24)16-19-14(13-5-2-3-10-21(13)16)15(22)18-6-4-9-20-11-7-17-8-12-20/h2-3,5,10,17H,4,6-9,11-12H2,1H3,(H,18,22). The third-order valence-corrected chi connectivity index (χ3v) is 5.16. The van der Waals surface area contributed by atoms with Gasteiger partial charge in [0, 0.05) is 45.2 Å². The number of nitrogens with one attached hydrogen (secondary N) is 2. The first-order chi connectivity index (χ1) is 12.0. The summed E-state index contributed by atoms with van der Waals surface area (Å²) in [6, 6.07) is 5.15. The summed E-state index contributed by atoms with van der Waals surface area (Å²) in [4.78, 5) is 18.9. The monoisotopic (exact) mass is 365 g/mol. The summed E-state index contributed by atoms with van der Waals surface area (Å²) < 4.78 is 25.2. The van der Waals surface area contributed by atoms with E-state index in [1.54, 1.807) is 24.4 Å². The highest BCUT2D eigenvalue weighted by atomic mass is 32.2. The van der Waals surface area contributed by atoms with E-state index in [9.17, 15) is 13.2 Å². The fraction of sp³-hybridized carbons (Fsp3) is 0.500. The van der Waals surface area contributed by atoms with Crippen LogP contribution in [0.4, 0.5) is 0 Å². The Balaban J connectivity index is 1.66. The van der Waals surface area contributed by atoms with E-state index in [-0.39, 0.29) is 16.8 Å². The average Bonchev–Trinajstić information content (AvgIpc) is 2.99. The van der Waals surface area contributed by atoms with Gasteiger partial charge in [-0.05, 0) is 25.1 Å². The Hall–Kier alpha value is -1.97. The molecule has 1 aliphatic heterocycles. The molecule has 1 amide bonds. The molecule has 8 nitrogen and oxygen atoms in total. The molecule has 0 bridgehead atoms. The lowest BCUT2D eigenvalue weighted by atomic mass is 10.3. The highest BCUT2D eigenvalue weighted by Crippen LogP contribution is 2.16. The van der Waals surface area contributed by atoms with Gasteiger partial charge in [-0.15, -0.1) is 0 Å². The number of hydrogen-bond acceptors (Lipinski definition) is 6. The number of aromatic nitrogens is 2. The van der Waals surface area contributed by atoms with Crippen LogP contribution in [0, 0.1) is 0 Å². The molecular weight excluding hydrogens is 342 g/mol. The molecule has 0 spiro atoms. The lowest BCUT2D eigenvalue weighted by Gasteiger charge is -2.26. The molecule has 2 N–H and O–H groups in total. The first-order valence-electron chi connectivity index (χ1n) is 8.35. The quantitative estimate of drug-likeness (QED) is 0.686. The van der Waals surface area contributed by atoms with Gasteiger partial charge in [-0.2, -0.15) is 0 Å². The number of imidazole rings is 1. The van der Waals surface area contributed by atoms with Gasteiger partial charge in [-0.25, -0.2) is 13.4 Å². The van der Waals surface area contributed by atoms with Crippen LogP contribution in [0.1, 0.15) is 16.9 Å². The number of fused-ring (bicyclic) bond motifs is 1. The van der Waals surface area contributed by atoms with Crippen molar-refractivity contribution < 1.29 is 13.2 Å². The van der Waals surface area contributed by atoms with Crippen LogP contribution in [0.25, 0.3) is 5.52 Å².